The summed E-state index contributed by atoms with van der Waals surface area (Å²) in [6.45, 7) is 0. The molecule has 1 aromatic carbocycles. The minimum absolute atomic E-state index is 0.314. The Morgan fingerprint density at radius 1 is 1.00 bits per heavy atom. The summed E-state index contributed by atoms with van der Waals surface area (Å²) in [5.41, 5.74) is 2.69. The van der Waals surface area contributed by atoms with Gasteiger partial charge >= 0.3 is 0 Å². The lowest BCUT2D eigenvalue weighted by molar-refractivity contribution is 0.0971. The van der Waals surface area contributed by atoms with E-state index in [0.29, 0.717) is 18.0 Å². The molecule has 3 aromatic rings. The molecule has 0 saturated heterocycles. The molecule has 0 fully saturated rings. The number of nitrogens with zero attached hydrogens (tertiary/aromatic N) is 5. The van der Waals surface area contributed by atoms with E-state index in [4.69, 9.17) is 0 Å². The number of rotatable bonds is 3. The van der Waals surface area contributed by atoms with Crippen LogP contribution in [-0.4, -0.2) is 32.2 Å². The Kier molecular flexibility index (Phi) is 3.88. The minimum Gasteiger partial charge on any atom is -0.307 e. The van der Waals surface area contributed by atoms with E-state index in [1.807, 2.05) is 48.5 Å². The zero-order chi connectivity index (χ0) is 17.1. The second-order valence-electron chi connectivity index (χ2n) is 5.42. The molecule has 1 N–H and O–H groups in total. The molecule has 1 amide bonds. The highest BCUT2D eigenvalue weighted by atomic mass is 16.2. The van der Waals surface area contributed by atoms with Crippen LogP contribution in [0.3, 0.4) is 0 Å². The van der Waals surface area contributed by atoms with Gasteiger partial charge in [0.05, 0.1) is 23.5 Å². The number of amidine groups is 1. The molecule has 1 aliphatic rings. The third kappa shape index (κ3) is 3.20. The van der Waals surface area contributed by atoms with Gasteiger partial charge in [0.25, 0.3) is 5.91 Å². The molecular weight excluding hydrogens is 316 g/mol. The number of para-hydroxylation sites is 1. The number of amides is 1. The van der Waals surface area contributed by atoms with Crippen molar-refractivity contribution in [2.45, 2.75) is 6.42 Å². The van der Waals surface area contributed by atoms with Crippen molar-refractivity contribution in [2.24, 2.45) is 10.2 Å². The van der Waals surface area contributed by atoms with Gasteiger partial charge in [-0.25, -0.2) is 4.68 Å². The fraction of sp³-hybridized carbons (Fsp3) is 0.0556. The predicted octanol–water partition coefficient (Wildman–Crippen LogP) is 2.20. The summed E-state index contributed by atoms with van der Waals surface area (Å²) in [4.78, 5) is 16.6. The van der Waals surface area contributed by atoms with E-state index in [0.717, 1.165) is 17.1 Å². The van der Waals surface area contributed by atoms with E-state index < -0.39 is 0 Å². The summed E-state index contributed by atoms with van der Waals surface area (Å²) in [5, 5.41) is 15.2. The Labute approximate surface area is 143 Å². The first-order valence-electron chi connectivity index (χ1n) is 7.77. The van der Waals surface area contributed by atoms with Gasteiger partial charge in [0, 0.05) is 12.4 Å². The monoisotopic (exact) mass is 330 g/mol. The van der Waals surface area contributed by atoms with Crippen LogP contribution in [0.2, 0.25) is 0 Å². The molecule has 2 aromatic heterocycles. The van der Waals surface area contributed by atoms with Gasteiger partial charge in [0.2, 0.25) is 0 Å². The number of carbonyl (C=O) groups is 1. The second-order valence-corrected chi connectivity index (χ2v) is 5.42. The second kappa shape index (κ2) is 6.48. The molecule has 0 bridgehead atoms. The number of hydrogen-bond acceptors (Lipinski definition) is 5. The van der Waals surface area contributed by atoms with Crippen molar-refractivity contribution in [3.63, 3.8) is 0 Å². The number of aromatic nitrogens is 3. The van der Waals surface area contributed by atoms with Crippen molar-refractivity contribution < 1.29 is 4.79 Å². The van der Waals surface area contributed by atoms with Crippen molar-refractivity contribution in [2.75, 3.05) is 0 Å². The van der Waals surface area contributed by atoms with Crippen molar-refractivity contribution in [3.8, 4) is 5.69 Å². The third-order valence-corrected chi connectivity index (χ3v) is 3.69. The van der Waals surface area contributed by atoms with Crippen LogP contribution in [0.5, 0.6) is 0 Å². The van der Waals surface area contributed by atoms with Crippen molar-refractivity contribution >= 4 is 17.5 Å². The summed E-state index contributed by atoms with van der Waals surface area (Å²) >= 11 is 0. The van der Waals surface area contributed by atoms with E-state index in [2.05, 4.69) is 25.6 Å². The Bertz CT molecular complexity index is 960. The van der Waals surface area contributed by atoms with Gasteiger partial charge in [-0.15, -0.1) is 5.10 Å². The zero-order valence-electron chi connectivity index (χ0n) is 13.2. The highest BCUT2D eigenvalue weighted by molar-refractivity contribution is 6.18. The number of benzene rings is 1. The van der Waals surface area contributed by atoms with Crippen LogP contribution in [-0.2, 0) is 0 Å². The molecule has 1 aliphatic heterocycles. The lowest BCUT2D eigenvalue weighted by atomic mass is 10.2. The fourth-order valence-electron chi connectivity index (χ4n) is 2.46. The van der Waals surface area contributed by atoms with Crippen LogP contribution in [0.15, 0.2) is 77.2 Å². The Morgan fingerprint density at radius 2 is 1.84 bits per heavy atom. The Morgan fingerprint density at radius 3 is 2.64 bits per heavy atom. The molecule has 0 aliphatic carbocycles. The lowest BCUT2D eigenvalue weighted by Crippen LogP contribution is -2.31. The largest absolute Gasteiger partial charge is 0.307 e. The summed E-state index contributed by atoms with van der Waals surface area (Å²) in [6, 6.07) is 16.9. The molecule has 4 rings (SSSR count). The molecule has 0 radical (unpaired) electrons. The van der Waals surface area contributed by atoms with Gasteiger partial charge in [0.15, 0.2) is 5.69 Å². The number of carbonyl (C=O) groups excluding carboxylic acids is 1. The first kappa shape index (κ1) is 14.9. The molecule has 0 unspecified atom stereocenters. The van der Waals surface area contributed by atoms with Crippen LogP contribution < -0.4 is 5.32 Å². The fourth-order valence-corrected chi connectivity index (χ4v) is 2.46. The van der Waals surface area contributed by atoms with Gasteiger partial charge in [-0.3, -0.25) is 9.78 Å². The maximum Gasteiger partial charge on any atom is 0.277 e. The van der Waals surface area contributed by atoms with Crippen molar-refractivity contribution in [1.82, 2.24) is 20.1 Å². The normalized spacial score (nSPS) is 13.3. The minimum atomic E-state index is -0.314. The summed E-state index contributed by atoms with van der Waals surface area (Å²) < 4.78 is 1.65. The first-order valence-corrected chi connectivity index (χ1v) is 7.77. The van der Waals surface area contributed by atoms with Gasteiger partial charge in [-0.05, 0) is 30.3 Å². The van der Waals surface area contributed by atoms with E-state index >= 15 is 0 Å². The third-order valence-electron chi connectivity index (χ3n) is 3.69. The Balaban J connectivity index is 1.41. The smallest absolute Gasteiger partial charge is 0.277 e. The first-order chi connectivity index (χ1) is 12.3. The maximum atomic E-state index is 12.4. The highest BCUT2D eigenvalue weighted by Gasteiger charge is 2.19. The molecule has 7 nitrogen and oxygen atoms in total. The molecule has 7 heteroatoms. The Hall–Kier alpha value is -3.61. The molecular formula is C18H14N6O. The molecule has 0 saturated carbocycles. The lowest BCUT2D eigenvalue weighted by Gasteiger charge is -2.03. The van der Waals surface area contributed by atoms with Crippen LogP contribution in [0.25, 0.3) is 5.69 Å². The summed E-state index contributed by atoms with van der Waals surface area (Å²) in [7, 11) is 0. The molecule has 0 spiro atoms. The quantitative estimate of drug-likeness (QED) is 0.799. The molecule has 122 valence electrons. The van der Waals surface area contributed by atoms with E-state index in [-0.39, 0.29) is 5.91 Å². The van der Waals surface area contributed by atoms with Gasteiger partial charge in [0.1, 0.15) is 5.84 Å². The van der Waals surface area contributed by atoms with E-state index in [1.165, 1.54) is 0 Å². The average Bonchev–Trinajstić information content (AvgIpc) is 3.33. The van der Waals surface area contributed by atoms with Crippen molar-refractivity contribution in [1.29, 1.82) is 0 Å². The number of nitrogens with one attached hydrogen (secondary N) is 1. The van der Waals surface area contributed by atoms with Gasteiger partial charge in [-0.2, -0.15) is 10.2 Å². The van der Waals surface area contributed by atoms with Crippen LogP contribution in [0.4, 0.5) is 0 Å². The zero-order valence-corrected chi connectivity index (χ0v) is 13.2. The number of hydrogen-bond donors (Lipinski definition) is 1. The number of pyridine rings is 1. The predicted molar refractivity (Wildman–Crippen MR) is 93.9 cm³/mol. The maximum absolute atomic E-state index is 12.4. The highest BCUT2D eigenvalue weighted by Crippen LogP contribution is 2.10. The topological polar surface area (TPSA) is 84.5 Å². The van der Waals surface area contributed by atoms with Gasteiger partial charge < -0.3 is 5.32 Å². The average molecular weight is 330 g/mol. The van der Waals surface area contributed by atoms with Crippen molar-refractivity contribution in [3.05, 3.63) is 78.4 Å². The molecule has 3 heterocycles. The standard InChI is InChI=1S/C18H14N6O/c25-18(15-9-11-24(23-15)13-6-2-1-3-7-13)20-17-12-16(21-22-17)14-8-4-5-10-19-14/h1-11H,12H2,(H,20,22,25). The van der Waals surface area contributed by atoms with Crippen LogP contribution in [0, 0.1) is 0 Å². The molecule has 25 heavy (non-hydrogen) atoms. The SMILES string of the molecule is O=C(NC1=NN=C(c2ccccn2)C1)c1ccn(-c2ccccc2)n1. The van der Waals surface area contributed by atoms with E-state index in [9.17, 15) is 4.79 Å². The van der Waals surface area contributed by atoms with Crippen LogP contribution >= 0.6 is 0 Å². The molecule has 0 atom stereocenters. The van der Waals surface area contributed by atoms with Crippen LogP contribution in [0.1, 0.15) is 22.6 Å². The van der Waals surface area contributed by atoms with E-state index in [1.54, 1.807) is 23.1 Å². The van der Waals surface area contributed by atoms with Gasteiger partial charge in [-0.1, -0.05) is 24.3 Å². The summed E-state index contributed by atoms with van der Waals surface area (Å²) in [5.74, 6) is 0.172. The summed E-state index contributed by atoms with van der Waals surface area (Å²) in [6.07, 6.45) is 3.88.